The minimum atomic E-state index is -0.569. The smallest absolute Gasteiger partial charge is 0.0622 e. The van der Waals surface area contributed by atoms with Crippen LogP contribution in [0.15, 0.2) is 30.3 Å². The van der Waals surface area contributed by atoms with Crippen molar-refractivity contribution in [1.29, 1.82) is 0 Å². The number of benzene rings is 1. The lowest BCUT2D eigenvalue weighted by molar-refractivity contribution is 0.208. The molecular formula is C16H22P+. The Hall–Kier alpha value is -0.350. The molecular weight excluding hydrogens is 223 g/mol. The van der Waals surface area contributed by atoms with Crippen molar-refractivity contribution in [2.75, 3.05) is 18.5 Å². The summed E-state index contributed by atoms with van der Waals surface area (Å²) in [5.74, 6) is 3.41. The fourth-order valence-electron chi connectivity index (χ4n) is 5.18. The zero-order valence-corrected chi connectivity index (χ0v) is 11.4. The summed E-state index contributed by atoms with van der Waals surface area (Å²) >= 11 is 0. The van der Waals surface area contributed by atoms with Crippen LogP contribution in [0.3, 0.4) is 0 Å². The van der Waals surface area contributed by atoms with Gasteiger partial charge in [0.15, 0.2) is 0 Å². The van der Waals surface area contributed by atoms with Crippen LogP contribution in [0.2, 0.25) is 0 Å². The van der Waals surface area contributed by atoms with E-state index < -0.39 is 7.26 Å². The molecule has 0 nitrogen and oxygen atoms in total. The maximum Gasteiger partial charge on any atom is 0.0843 e. The van der Waals surface area contributed by atoms with Crippen LogP contribution in [-0.2, 0) is 6.16 Å². The summed E-state index contributed by atoms with van der Waals surface area (Å²) < 4.78 is 0. The Balaban J connectivity index is 1.61. The van der Waals surface area contributed by atoms with Crippen molar-refractivity contribution >= 4 is 7.26 Å². The van der Waals surface area contributed by atoms with Gasteiger partial charge in [-0.05, 0) is 42.6 Å². The van der Waals surface area contributed by atoms with E-state index in [2.05, 4.69) is 30.3 Å². The van der Waals surface area contributed by atoms with Gasteiger partial charge in [0.05, 0.1) is 24.6 Å². The lowest BCUT2D eigenvalue weighted by atomic mass is 9.76. The van der Waals surface area contributed by atoms with Crippen molar-refractivity contribution in [2.45, 2.75) is 25.4 Å². The zero-order valence-electron chi connectivity index (χ0n) is 10.5. The molecule has 1 aromatic carbocycles. The summed E-state index contributed by atoms with van der Waals surface area (Å²) in [7, 11) is -0.569. The van der Waals surface area contributed by atoms with Gasteiger partial charge in [0.1, 0.15) is 0 Å². The molecule has 0 aromatic heterocycles. The summed E-state index contributed by atoms with van der Waals surface area (Å²) in [6.07, 6.45) is 11.2. The van der Waals surface area contributed by atoms with Gasteiger partial charge in [0, 0.05) is 7.26 Å². The van der Waals surface area contributed by atoms with Crippen LogP contribution in [0.25, 0.3) is 0 Å². The van der Waals surface area contributed by atoms with E-state index in [1.807, 2.05) is 0 Å². The van der Waals surface area contributed by atoms with Gasteiger partial charge in [-0.2, -0.15) is 0 Å². The molecule has 1 aliphatic carbocycles. The molecule has 1 aromatic rings. The second-order valence-electron chi connectivity index (χ2n) is 6.84. The zero-order chi connectivity index (χ0) is 11.3. The number of rotatable bonds is 2. The average molecular weight is 245 g/mol. The number of hydrogen-bond donors (Lipinski definition) is 0. The van der Waals surface area contributed by atoms with Crippen molar-refractivity contribution in [3.05, 3.63) is 35.9 Å². The average Bonchev–Trinajstić information content (AvgIpc) is 2.27. The van der Waals surface area contributed by atoms with E-state index in [9.17, 15) is 0 Å². The minimum Gasteiger partial charge on any atom is -0.0622 e. The molecule has 90 valence electrons. The standard InChI is InChI=1S/C16H22P/c1-2-4-13(5-3-1)9-17-10-14-6-15(11-17)8-16(7-14)12-17/h1-5,14-16H,6-12H2/q+1. The van der Waals surface area contributed by atoms with Gasteiger partial charge in [0.2, 0.25) is 0 Å². The van der Waals surface area contributed by atoms with E-state index >= 15 is 0 Å². The molecule has 1 heteroatoms. The lowest BCUT2D eigenvalue weighted by Crippen LogP contribution is -2.43. The van der Waals surface area contributed by atoms with Gasteiger partial charge in [-0.1, -0.05) is 30.3 Å². The largest absolute Gasteiger partial charge is 0.0843 e. The molecule has 5 rings (SSSR count). The molecule has 3 heterocycles. The molecule has 4 fully saturated rings. The second-order valence-corrected chi connectivity index (χ2v) is 10.9. The van der Waals surface area contributed by atoms with Gasteiger partial charge < -0.3 is 0 Å². The Kier molecular flexibility index (Phi) is 2.37. The minimum absolute atomic E-state index is 0.569. The first-order valence-electron chi connectivity index (χ1n) is 7.20. The molecule has 0 amide bonds. The van der Waals surface area contributed by atoms with Crippen molar-refractivity contribution < 1.29 is 0 Å². The van der Waals surface area contributed by atoms with Crippen LogP contribution in [0.4, 0.5) is 0 Å². The SMILES string of the molecule is c1ccc(C[P+]23CC4CC(CC(C4)C2)C3)cc1. The van der Waals surface area contributed by atoms with Crippen LogP contribution in [-0.4, -0.2) is 18.5 Å². The van der Waals surface area contributed by atoms with E-state index in [4.69, 9.17) is 0 Å². The molecule has 0 N–H and O–H groups in total. The summed E-state index contributed by atoms with van der Waals surface area (Å²) in [6, 6.07) is 11.3. The van der Waals surface area contributed by atoms with E-state index in [1.54, 1.807) is 43.3 Å². The van der Waals surface area contributed by atoms with Crippen molar-refractivity contribution in [2.24, 2.45) is 17.8 Å². The lowest BCUT2D eigenvalue weighted by Gasteiger charge is -2.52. The van der Waals surface area contributed by atoms with E-state index in [0.29, 0.717) is 0 Å². The third-order valence-electron chi connectivity index (χ3n) is 5.30. The molecule has 17 heavy (non-hydrogen) atoms. The summed E-state index contributed by atoms with van der Waals surface area (Å²) in [4.78, 5) is 0. The fourth-order valence-corrected chi connectivity index (χ4v) is 11.2. The molecule has 0 spiro atoms. The molecule has 4 bridgehead atoms. The van der Waals surface area contributed by atoms with Gasteiger partial charge in [-0.25, -0.2) is 0 Å². The Morgan fingerprint density at radius 3 is 1.88 bits per heavy atom. The molecule has 0 radical (unpaired) electrons. The van der Waals surface area contributed by atoms with Gasteiger partial charge in [0.25, 0.3) is 0 Å². The van der Waals surface area contributed by atoms with E-state index in [0.717, 1.165) is 17.8 Å². The van der Waals surface area contributed by atoms with Gasteiger partial charge in [-0.3, -0.25) is 0 Å². The highest BCUT2D eigenvalue weighted by molar-refractivity contribution is 7.75. The molecule has 1 saturated carbocycles. The Morgan fingerprint density at radius 1 is 0.824 bits per heavy atom. The van der Waals surface area contributed by atoms with Crippen molar-refractivity contribution in [3.63, 3.8) is 0 Å². The van der Waals surface area contributed by atoms with Crippen molar-refractivity contribution in [3.8, 4) is 0 Å². The van der Waals surface area contributed by atoms with Gasteiger partial charge >= 0.3 is 0 Å². The Labute approximate surface area is 105 Å². The Morgan fingerprint density at radius 2 is 1.35 bits per heavy atom. The third kappa shape index (κ3) is 1.85. The highest BCUT2D eigenvalue weighted by atomic mass is 31.2. The Bertz CT molecular complexity index is 374. The second kappa shape index (κ2) is 3.82. The first kappa shape index (κ1) is 10.6. The predicted octanol–water partition coefficient (Wildman–Crippen LogP) is 4.26. The topological polar surface area (TPSA) is 0 Å². The summed E-state index contributed by atoms with van der Waals surface area (Å²) in [5, 5.41) is 0. The third-order valence-corrected chi connectivity index (χ3v) is 10.2. The van der Waals surface area contributed by atoms with Crippen LogP contribution >= 0.6 is 7.26 Å². The summed E-state index contributed by atoms with van der Waals surface area (Å²) in [6.45, 7) is 0. The fraction of sp³-hybridized carbons (Fsp3) is 0.625. The van der Waals surface area contributed by atoms with Crippen LogP contribution in [0, 0.1) is 17.8 Å². The molecule has 3 aliphatic heterocycles. The molecule has 0 unspecified atom stereocenters. The molecule has 0 atom stereocenters. The van der Waals surface area contributed by atoms with Crippen LogP contribution < -0.4 is 0 Å². The van der Waals surface area contributed by atoms with E-state index in [1.165, 1.54) is 6.16 Å². The molecule has 4 aliphatic rings. The maximum absolute atomic E-state index is 2.36. The highest BCUT2D eigenvalue weighted by Gasteiger charge is 2.55. The molecule has 3 saturated heterocycles. The monoisotopic (exact) mass is 245 g/mol. The predicted molar refractivity (Wildman–Crippen MR) is 76.0 cm³/mol. The van der Waals surface area contributed by atoms with E-state index in [-0.39, 0.29) is 0 Å². The van der Waals surface area contributed by atoms with Crippen molar-refractivity contribution in [1.82, 2.24) is 0 Å². The quantitative estimate of drug-likeness (QED) is 0.683. The normalized spacial score (nSPS) is 42.9. The number of hydrogen-bond acceptors (Lipinski definition) is 0. The van der Waals surface area contributed by atoms with Gasteiger partial charge in [-0.15, -0.1) is 0 Å². The summed E-state index contributed by atoms with van der Waals surface area (Å²) in [5.41, 5.74) is 1.63. The maximum atomic E-state index is 2.36. The first-order valence-corrected chi connectivity index (χ1v) is 9.73. The van der Waals surface area contributed by atoms with Crippen LogP contribution in [0.5, 0.6) is 0 Å². The highest BCUT2D eigenvalue weighted by Crippen LogP contribution is 2.74. The first-order chi connectivity index (χ1) is 8.31. The van der Waals surface area contributed by atoms with Crippen LogP contribution in [0.1, 0.15) is 24.8 Å².